The number of anilines is 1. The maximum Gasteiger partial charge on any atom is 0.256 e. The van der Waals surface area contributed by atoms with E-state index in [0.717, 1.165) is 6.20 Å². The predicted octanol–water partition coefficient (Wildman–Crippen LogP) is 2.02. The van der Waals surface area contributed by atoms with Crippen molar-refractivity contribution in [3.8, 4) is 0 Å². The minimum absolute atomic E-state index is 0.248. The molecule has 6 heteroatoms. The van der Waals surface area contributed by atoms with Crippen LogP contribution in [0.25, 0.3) is 11.0 Å². The first kappa shape index (κ1) is 9.82. The van der Waals surface area contributed by atoms with Gasteiger partial charge in [0.15, 0.2) is 0 Å². The summed E-state index contributed by atoms with van der Waals surface area (Å²) >= 11 is 0. The van der Waals surface area contributed by atoms with Gasteiger partial charge in [0.2, 0.25) is 0 Å². The molecule has 0 bridgehead atoms. The van der Waals surface area contributed by atoms with Gasteiger partial charge >= 0.3 is 0 Å². The monoisotopic (exact) mass is 215 g/mol. The van der Waals surface area contributed by atoms with Crippen LogP contribution in [0, 0.1) is 5.82 Å². The fourth-order valence-corrected chi connectivity index (χ4v) is 1.46. The van der Waals surface area contributed by atoms with Crippen molar-refractivity contribution in [1.82, 2.24) is 9.55 Å². The van der Waals surface area contributed by atoms with Gasteiger partial charge in [0, 0.05) is 11.6 Å². The molecule has 0 aromatic carbocycles. The van der Waals surface area contributed by atoms with Crippen LogP contribution in [-0.2, 0) is 6.54 Å². The first-order valence-electron chi connectivity index (χ1n) is 4.26. The van der Waals surface area contributed by atoms with Crippen molar-refractivity contribution in [3.05, 3.63) is 24.3 Å². The molecule has 0 aliphatic heterocycles. The SMILES string of the molecule is Nc1cn(CC(F)F)c2ncc(F)cc12. The number of hydrogen-bond donors (Lipinski definition) is 1. The van der Waals surface area contributed by atoms with Crippen LogP contribution in [-0.4, -0.2) is 16.0 Å². The number of pyridine rings is 1. The maximum atomic E-state index is 12.8. The fraction of sp³-hybridized carbons (Fsp3) is 0.222. The molecule has 0 fully saturated rings. The minimum atomic E-state index is -2.49. The zero-order chi connectivity index (χ0) is 11.0. The maximum absolute atomic E-state index is 12.8. The van der Waals surface area contributed by atoms with Crippen molar-refractivity contribution >= 4 is 16.7 Å². The lowest BCUT2D eigenvalue weighted by atomic mass is 10.3. The lowest BCUT2D eigenvalue weighted by Gasteiger charge is -2.02. The summed E-state index contributed by atoms with van der Waals surface area (Å²) in [6.45, 7) is -0.494. The van der Waals surface area contributed by atoms with Crippen molar-refractivity contribution < 1.29 is 13.2 Å². The Balaban J connectivity index is 2.57. The lowest BCUT2D eigenvalue weighted by Crippen LogP contribution is -2.05. The van der Waals surface area contributed by atoms with Gasteiger partial charge in [-0.15, -0.1) is 0 Å². The van der Waals surface area contributed by atoms with E-state index in [-0.39, 0.29) is 11.3 Å². The molecule has 0 aliphatic carbocycles. The summed E-state index contributed by atoms with van der Waals surface area (Å²) in [6.07, 6.45) is -0.181. The number of halogens is 3. The van der Waals surface area contributed by atoms with Crippen molar-refractivity contribution in [2.45, 2.75) is 13.0 Å². The molecule has 0 unspecified atom stereocenters. The molecule has 0 radical (unpaired) electrons. The van der Waals surface area contributed by atoms with E-state index in [9.17, 15) is 13.2 Å². The number of nitrogens with zero attached hydrogens (tertiary/aromatic N) is 2. The van der Waals surface area contributed by atoms with Gasteiger partial charge in [0.1, 0.15) is 11.5 Å². The Morgan fingerprint density at radius 2 is 2.20 bits per heavy atom. The van der Waals surface area contributed by atoms with Gasteiger partial charge in [-0.1, -0.05) is 0 Å². The number of fused-ring (bicyclic) bond motifs is 1. The van der Waals surface area contributed by atoms with E-state index in [0.29, 0.717) is 5.39 Å². The number of hydrogen-bond acceptors (Lipinski definition) is 2. The summed E-state index contributed by atoms with van der Waals surface area (Å²) in [5, 5.41) is 0.357. The average molecular weight is 215 g/mol. The highest BCUT2D eigenvalue weighted by atomic mass is 19.3. The van der Waals surface area contributed by atoms with Gasteiger partial charge in [-0.05, 0) is 6.07 Å². The molecule has 0 saturated carbocycles. The van der Waals surface area contributed by atoms with Crippen molar-refractivity contribution in [3.63, 3.8) is 0 Å². The van der Waals surface area contributed by atoms with Gasteiger partial charge < -0.3 is 10.3 Å². The van der Waals surface area contributed by atoms with E-state index >= 15 is 0 Å². The Bertz CT molecular complexity index is 493. The zero-order valence-electron chi connectivity index (χ0n) is 7.62. The predicted molar refractivity (Wildman–Crippen MR) is 50.1 cm³/mol. The van der Waals surface area contributed by atoms with Crippen LogP contribution in [0.1, 0.15) is 0 Å². The zero-order valence-corrected chi connectivity index (χ0v) is 7.62. The smallest absolute Gasteiger partial charge is 0.256 e. The Morgan fingerprint density at radius 3 is 2.87 bits per heavy atom. The summed E-state index contributed by atoms with van der Waals surface area (Å²) in [4.78, 5) is 3.73. The van der Waals surface area contributed by atoms with E-state index < -0.39 is 18.8 Å². The molecule has 2 N–H and O–H groups in total. The largest absolute Gasteiger partial charge is 0.397 e. The third-order valence-corrected chi connectivity index (χ3v) is 2.05. The van der Waals surface area contributed by atoms with E-state index in [1.54, 1.807) is 0 Å². The van der Waals surface area contributed by atoms with Crippen molar-refractivity contribution in [2.24, 2.45) is 0 Å². The van der Waals surface area contributed by atoms with Crippen molar-refractivity contribution in [1.29, 1.82) is 0 Å². The molecule has 2 aromatic heterocycles. The summed E-state index contributed by atoms with van der Waals surface area (Å²) in [5.41, 5.74) is 6.07. The molecule has 0 saturated heterocycles. The minimum Gasteiger partial charge on any atom is -0.397 e. The van der Waals surface area contributed by atoms with Crippen LogP contribution in [0.2, 0.25) is 0 Å². The second kappa shape index (κ2) is 3.45. The summed E-state index contributed by atoms with van der Waals surface area (Å²) in [6, 6.07) is 1.18. The Labute approximate surface area is 83.3 Å². The second-order valence-corrected chi connectivity index (χ2v) is 3.15. The molecule has 2 aromatic rings. The third kappa shape index (κ3) is 1.74. The highest BCUT2D eigenvalue weighted by Crippen LogP contribution is 2.22. The van der Waals surface area contributed by atoms with Gasteiger partial charge in [0.25, 0.3) is 6.43 Å². The van der Waals surface area contributed by atoms with E-state index in [2.05, 4.69) is 4.98 Å². The number of rotatable bonds is 2. The topological polar surface area (TPSA) is 43.8 Å². The number of aromatic nitrogens is 2. The number of nitrogen functional groups attached to an aromatic ring is 1. The number of nitrogens with two attached hydrogens (primary N) is 1. The quantitative estimate of drug-likeness (QED) is 0.832. The first-order valence-corrected chi connectivity index (χ1v) is 4.26. The standard InChI is InChI=1S/C9H8F3N3/c10-5-1-6-7(13)3-15(4-8(11)12)9(6)14-2-5/h1-3,8H,4,13H2. The van der Waals surface area contributed by atoms with Crippen LogP contribution >= 0.6 is 0 Å². The summed E-state index contributed by atoms with van der Waals surface area (Å²) in [5.74, 6) is -0.538. The molecule has 0 spiro atoms. The molecule has 15 heavy (non-hydrogen) atoms. The van der Waals surface area contributed by atoms with Crippen molar-refractivity contribution in [2.75, 3.05) is 5.73 Å². The fourth-order valence-electron chi connectivity index (χ4n) is 1.46. The first-order chi connectivity index (χ1) is 7.08. The molecular weight excluding hydrogens is 207 g/mol. The van der Waals surface area contributed by atoms with Gasteiger partial charge in [-0.25, -0.2) is 18.2 Å². The highest BCUT2D eigenvalue weighted by molar-refractivity contribution is 5.89. The molecule has 3 nitrogen and oxygen atoms in total. The average Bonchev–Trinajstić information content (AvgIpc) is 2.42. The van der Waals surface area contributed by atoms with Crippen LogP contribution in [0.4, 0.5) is 18.9 Å². The Hall–Kier alpha value is -1.72. The Morgan fingerprint density at radius 1 is 1.47 bits per heavy atom. The molecular formula is C9H8F3N3. The van der Waals surface area contributed by atoms with E-state index in [4.69, 9.17) is 5.73 Å². The van der Waals surface area contributed by atoms with Crippen LogP contribution in [0.3, 0.4) is 0 Å². The van der Waals surface area contributed by atoms with Gasteiger partial charge in [0.05, 0.1) is 18.4 Å². The molecule has 2 heterocycles. The Kier molecular flexibility index (Phi) is 2.26. The normalized spacial score (nSPS) is 11.5. The molecule has 2 rings (SSSR count). The van der Waals surface area contributed by atoms with Crippen LogP contribution < -0.4 is 5.73 Å². The molecule has 0 atom stereocenters. The van der Waals surface area contributed by atoms with Gasteiger partial charge in [-0.3, -0.25) is 0 Å². The highest BCUT2D eigenvalue weighted by Gasteiger charge is 2.11. The van der Waals surface area contributed by atoms with Gasteiger partial charge in [-0.2, -0.15) is 0 Å². The lowest BCUT2D eigenvalue weighted by molar-refractivity contribution is 0.128. The summed E-state index contributed by atoms with van der Waals surface area (Å²) < 4.78 is 38.4. The van der Waals surface area contributed by atoms with Crippen LogP contribution in [0.15, 0.2) is 18.5 Å². The van der Waals surface area contributed by atoms with Crippen LogP contribution in [0.5, 0.6) is 0 Å². The molecule has 80 valence electrons. The second-order valence-electron chi connectivity index (χ2n) is 3.15. The molecule has 0 aliphatic rings. The number of alkyl halides is 2. The van der Waals surface area contributed by atoms with E-state index in [1.165, 1.54) is 16.8 Å². The molecule has 0 amide bonds. The summed E-state index contributed by atoms with van der Waals surface area (Å²) in [7, 11) is 0. The van der Waals surface area contributed by atoms with E-state index in [1.807, 2.05) is 0 Å². The third-order valence-electron chi connectivity index (χ3n) is 2.05.